The van der Waals surface area contributed by atoms with Gasteiger partial charge in [0.25, 0.3) is 0 Å². The molecule has 1 fully saturated rings. The lowest BCUT2D eigenvalue weighted by Crippen LogP contribution is -2.35. The maximum absolute atomic E-state index is 13.1. The highest BCUT2D eigenvalue weighted by Gasteiger charge is 2.26. The molecule has 0 bridgehead atoms. The molecular weight excluding hydrogens is 442 g/mol. The van der Waals surface area contributed by atoms with Gasteiger partial charge in [-0.25, -0.2) is 8.42 Å². The van der Waals surface area contributed by atoms with Crippen molar-refractivity contribution in [3.63, 3.8) is 0 Å². The minimum absolute atomic E-state index is 0.317. The number of hydrogen-bond donors (Lipinski definition) is 2. The molecule has 2 aromatic carbocycles. The van der Waals surface area contributed by atoms with E-state index in [-0.39, 0.29) is 0 Å². The number of piperidine rings is 1. The van der Waals surface area contributed by atoms with Crippen LogP contribution in [0.1, 0.15) is 30.4 Å². The van der Waals surface area contributed by atoms with E-state index in [1.54, 1.807) is 22.7 Å². The number of hydrazone groups is 1. The SMILES string of the molecule is Cc1ccc(NC(=S)N/N=C/c2cn(C)c3ccc(S(=O)(=O)N4CCCCC4)cc23)cc1. The van der Waals surface area contributed by atoms with E-state index in [0.29, 0.717) is 23.1 Å². The van der Waals surface area contributed by atoms with E-state index in [1.165, 1.54) is 5.56 Å². The quantitative estimate of drug-likeness (QED) is 0.336. The molecular formula is C23H27N5O2S2. The van der Waals surface area contributed by atoms with Gasteiger partial charge in [-0.1, -0.05) is 24.1 Å². The summed E-state index contributed by atoms with van der Waals surface area (Å²) >= 11 is 5.30. The molecule has 7 nitrogen and oxygen atoms in total. The van der Waals surface area contributed by atoms with Gasteiger partial charge in [-0.05, 0) is 62.3 Å². The number of sulfonamides is 1. The van der Waals surface area contributed by atoms with E-state index >= 15 is 0 Å². The van der Waals surface area contributed by atoms with Crippen LogP contribution in [0.2, 0.25) is 0 Å². The van der Waals surface area contributed by atoms with Crippen molar-refractivity contribution in [1.82, 2.24) is 14.3 Å². The molecule has 0 atom stereocenters. The van der Waals surface area contributed by atoms with Crippen molar-refractivity contribution in [2.24, 2.45) is 12.1 Å². The first-order chi connectivity index (χ1) is 15.3. The second-order valence-corrected chi connectivity index (χ2v) is 10.4. The average molecular weight is 470 g/mol. The third-order valence-electron chi connectivity index (χ3n) is 5.62. The van der Waals surface area contributed by atoms with E-state index in [0.717, 1.165) is 41.4 Å². The van der Waals surface area contributed by atoms with Crippen molar-refractivity contribution in [3.8, 4) is 0 Å². The lowest BCUT2D eigenvalue weighted by atomic mass is 10.2. The zero-order chi connectivity index (χ0) is 22.7. The minimum atomic E-state index is -3.50. The van der Waals surface area contributed by atoms with Crippen LogP contribution in [0.3, 0.4) is 0 Å². The Balaban J connectivity index is 1.52. The third kappa shape index (κ3) is 4.85. The van der Waals surface area contributed by atoms with E-state index in [2.05, 4.69) is 15.8 Å². The summed E-state index contributed by atoms with van der Waals surface area (Å²) in [4.78, 5) is 0.317. The topological polar surface area (TPSA) is 78.7 Å². The van der Waals surface area contributed by atoms with Gasteiger partial charge in [-0.2, -0.15) is 9.41 Å². The number of benzene rings is 2. The molecule has 168 valence electrons. The lowest BCUT2D eigenvalue weighted by Gasteiger charge is -2.25. The van der Waals surface area contributed by atoms with Crippen molar-refractivity contribution in [3.05, 3.63) is 59.8 Å². The van der Waals surface area contributed by atoms with Gasteiger partial charge in [-0.15, -0.1) is 0 Å². The van der Waals surface area contributed by atoms with Crippen LogP contribution in [0, 0.1) is 6.92 Å². The number of fused-ring (bicyclic) bond motifs is 1. The van der Waals surface area contributed by atoms with Gasteiger partial charge < -0.3 is 9.88 Å². The number of aromatic nitrogens is 1. The van der Waals surface area contributed by atoms with E-state index in [1.807, 2.05) is 55.1 Å². The zero-order valence-electron chi connectivity index (χ0n) is 18.2. The van der Waals surface area contributed by atoms with Crippen LogP contribution in [-0.4, -0.2) is 41.7 Å². The number of nitrogens with one attached hydrogen (secondary N) is 2. The van der Waals surface area contributed by atoms with Gasteiger partial charge in [0, 0.05) is 48.5 Å². The molecule has 3 aromatic rings. The number of thiocarbonyl (C=S) groups is 1. The van der Waals surface area contributed by atoms with Crippen LogP contribution >= 0.6 is 12.2 Å². The second kappa shape index (κ2) is 9.40. The molecule has 2 heterocycles. The van der Waals surface area contributed by atoms with E-state index < -0.39 is 10.0 Å². The number of aryl methyl sites for hydroxylation is 2. The predicted octanol–water partition coefficient (Wildman–Crippen LogP) is 3.98. The Kier molecular flexibility index (Phi) is 6.59. The molecule has 4 rings (SSSR count). The normalized spacial score (nSPS) is 15.3. The first-order valence-electron chi connectivity index (χ1n) is 10.6. The summed E-state index contributed by atoms with van der Waals surface area (Å²) in [6, 6.07) is 13.2. The number of hydrogen-bond acceptors (Lipinski definition) is 4. The Labute approximate surface area is 194 Å². The van der Waals surface area contributed by atoms with Gasteiger partial charge >= 0.3 is 0 Å². The zero-order valence-corrected chi connectivity index (χ0v) is 19.8. The van der Waals surface area contributed by atoms with E-state index in [4.69, 9.17) is 12.2 Å². The lowest BCUT2D eigenvalue weighted by molar-refractivity contribution is 0.346. The summed E-state index contributed by atoms with van der Waals surface area (Å²) in [5, 5.41) is 8.53. The number of nitrogens with zero attached hydrogens (tertiary/aromatic N) is 3. The van der Waals surface area contributed by atoms with Crippen LogP contribution in [0.25, 0.3) is 10.9 Å². The Morgan fingerprint density at radius 2 is 1.81 bits per heavy atom. The average Bonchev–Trinajstić information content (AvgIpc) is 3.11. The van der Waals surface area contributed by atoms with Crippen molar-refractivity contribution in [1.29, 1.82) is 0 Å². The van der Waals surface area contributed by atoms with Gasteiger partial charge in [0.15, 0.2) is 5.11 Å². The summed E-state index contributed by atoms with van der Waals surface area (Å²) < 4.78 is 29.7. The number of rotatable bonds is 5. The van der Waals surface area contributed by atoms with Crippen molar-refractivity contribution in [2.45, 2.75) is 31.1 Å². The van der Waals surface area contributed by atoms with Crippen molar-refractivity contribution < 1.29 is 8.42 Å². The highest BCUT2D eigenvalue weighted by molar-refractivity contribution is 7.89. The summed E-state index contributed by atoms with van der Waals surface area (Å²) in [6.07, 6.45) is 6.48. The smallest absolute Gasteiger partial charge is 0.243 e. The van der Waals surface area contributed by atoms with Crippen LogP contribution in [0.15, 0.2) is 58.7 Å². The molecule has 0 aliphatic carbocycles. The summed E-state index contributed by atoms with van der Waals surface area (Å²) in [6.45, 7) is 3.19. The molecule has 9 heteroatoms. The largest absolute Gasteiger partial charge is 0.350 e. The first kappa shape index (κ1) is 22.4. The molecule has 32 heavy (non-hydrogen) atoms. The maximum atomic E-state index is 13.1. The molecule has 1 aliphatic heterocycles. The fourth-order valence-electron chi connectivity index (χ4n) is 3.88. The molecule has 1 aliphatic rings. The maximum Gasteiger partial charge on any atom is 0.243 e. The van der Waals surface area contributed by atoms with Gasteiger partial charge in [-0.3, -0.25) is 5.43 Å². The summed E-state index contributed by atoms with van der Waals surface area (Å²) in [7, 11) is -1.57. The molecule has 1 aromatic heterocycles. The van der Waals surface area contributed by atoms with E-state index in [9.17, 15) is 8.42 Å². The Morgan fingerprint density at radius 1 is 1.09 bits per heavy atom. The number of anilines is 1. The summed E-state index contributed by atoms with van der Waals surface area (Å²) in [5.41, 5.74) is 6.61. The monoisotopic (exact) mass is 469 g/mol. The fraction of sp³-hybridized carbons (Fsp3) is 0.304. The molecule has 2 N–H and O–H groups in total. The minimum Gasteiger partial charge on any atom is -0.350 e. The van der Waals surface area contributed by atoms with Crippen LogP contribution in [0.5, 0.6) is 0 Å². The van der Waals surface area contributed by atoms with Gasteiger partial charge in [0.1, 0.15) is 0 Å². The molecule has 0 spiro atoms. The first-order valence-corrected chi connectivity index (χ1v) is 12.5. The van der Waals surface area contributed by atoms with Crippen LogP contribution < -0.4 is 10.7 Å². The highest BCUT2D eigenvalue weighted by atomic mass is 32.2. The van der Waals surface area contributed by atoms with Crippen LogP contribution in [-0.2, 0) is 17.1 Å². The Hall–Kier alpha value is -2.75. The van der Waals surface area contributed by atoms with Gasteiger partial charge in [0.05, 0.1) is 11.1 Å². The molecule has 0 amide bonds. The molecule has 1 saturated heterocycles. The summed E-state index contributed by atoms with van der Waals surface area (Å²) in [5.74, 6) is 0. The fourth-order valence-corrected chi connectivity index (χ4v) is 5.59. The van der Waals surface area contributed by atoms with Crippen LogP contribution in [0.4, 0.5) is 5.69 Å². The standard InChI is InChI=1S/C23H27N5O2S2/c1-17-6-8-19(9-7-17)25-23(31)26-24-15-18-16-27(2)22-11-10-20(14-21(18)22)32(29,30)28-12-4-3-5-13-28/h6-11,14-16H,3-5,12-13H2,1-2H3,(H2,25,26,31)/b24-15+. The molecule has 0 saturated carbocycles. The van der Waals surface area contributed by atoms with Crippen molar-refractivity contribution >= 4 is 50.2 Å². The highest BCUT2D eigenvalue weighted by Crippen LogP contribution is 2.26. The second-order valence-electron chi connectivity index (χ2n) is 8.03. The Morgan fingerprint density at radius 3 is 2.53 bits per heavy atom. The molecule has 0 unspecified atom stereocenters. The van der Waals surface area contributed by atoms with Gasteiger partial charge in [0.2, 0.25) is 10.0 Å². The molecule has 0 radical (unpaired) electrons. The third-order valence-corrected chi connectivity index (χ3v) is 7.71. The van der Waals surface area contributed by atoms with Crippen molar-refractivity contribution in [2.75, 3.05) is 18.4 Å². The predicted molar refractivity (Wildman–Crippen MR) is 134 cm³/mol. The Bertz CT molecular complexity index is 1260.